The molecule has 2 aromatic rings. The van der Waals surface area contributed by atoms with Gasteiger partial charge in [0.15, 0.2) is 5.65 Å². The van der Waals surface area contributed by atoms with Crippen LogP contribution in [0.15, 0.2) is 12.3 Å². The standard InChI is InChI=1S/C12H14N4O2/c1-4-18-10(17)6-5-9-7-13-12-11(8(9)2)14-15-16(12)3/h5-7H,4H2,1-3H3/b6-5+. The van der Waals surface area contributed by atoms with Crippen LogP contribution in [0.1, 0.15) is 18.1 Å². The molecule has 6 heteroatoms. The summed E-state index contributed by atoms with van der Waals surface area (Å²) in [6.45, 7) is 4.05. The molecule has 0 saturated carbocycles. The summed E-state index contributed by atoms with van der Waals surface area (Å²) in [4.78, 5) is 15.5. The van der Waals surface area contributed by atoms with Crippen molar-refractivity contribution in [3.05, 3.63) is 23.4 Å². The van der Waals surface area contributed by atoms with Crippen LogP contribution >= 0.6 is 0 Å². The maximum absolute atomic E-state index is 11.2. The van der Waals surface area contributed by atoms with Gasteiger partial charge in [-0.25, -0.2) is 14.5 Å². The average Bonchev–Trinajstić information content (AvgIpc) is 2.72. The van der Waals surface area contributed by atoms with E-state index in [2.05, 4.69) is 15.3 Å². The largest absolute Gasteiger partial charge is 0.463 e. The van der Waals surface area contributed by atoms with E-state index in [1.807, 2.05) is 6.92 Å². The molecule has 0 aliphatic carbocycles. The Bertz CT molecular complexity index is 616. The molecular weight excluding hydrogens is 232 g/mol. The van der Waals surface area contributed by atoms with Gasteiger partial charge in [-0.1, -0.05) is 5.21 Å². The molecule has 0 spiro atoms. The monoisotopic (exact) mass is 246 g/mol. The van der Waals surface area contributed by atoms with Crippen LogP contribution in [0.25, 0.3) is 17.2 Å². The molecule has 18 heavy (non-hydrogen) atoms. The quantitative estimate of drug-likeness (QED) is 0.602. The van der Waals surface area contributed by atoms with E-state index in [4.69, 9.17) is 4.74 Å². The summed E-state index contributed by atoms with van der Waals surface area (Å²) in [7, 11) is 1.79. The van der Waals surface area contributed by atoms with E-state index in [0.29, 0.717) is 6.61 Å². The minimum Gasteiger partial charge on any atom is -0.463 e. The first-order valence-electron chi connectivity index (χ1n) is 5.63. The molecule has 2 aromatic heterocycles. The van der Waals surface area contributed by atoms with Gasteiger partial charge in [0.25, 0.3) is 0 Å². The number of hydrogen-bond donors (Lipinski definition) is 0. The second kappa shape index (κ2) is 4.95. The van der Waals surface area contributed by atoms with Crippen molar-refractivity contribution in [2.45, 2.75) is 13.8 Å². The van der Waals surface area contributed by atoms with E-state index in [1.54, 1.807) is 30.9 Å². The predicted molar refractivity (Wildman–Crippen MR) is 66.7 cm³/mol. The van der Waals surface area contributed by atoms with Crippen LogP contribution in [0.3, 0.4) is 0 Å². The molecule has 0 saturated heterocycles. The van der Waals surface area contributed by atoms with Crippen molar-refractivity contribution in [3.63, 3.8) is 0 Å². The second-order valence-electron chi connectivity index (χ2n) is 3.81. The number of ether oxygens (including phenoxy) is 1. The Morgan fingerprint density at radius 1 is 1.56 bits per heavy atom. The lowest BCUT2D eigenvalue weighted by Crippen LogP contribution is -1.99. The maximum atomic E-state index is 11.2. The number of nitrogens with zero attached hydrogens (tertiary/aromatic N) is 4. The Morgan fingerprint density at radius 3 is 3.06 bits per heavy atom. The lowest BCUT2D eigenvalue weighted by Gasteiger charge is -2.00. The second-order valence-corrected chi connectivity index (χ2v) is 3.81. The molecule has 2 heterocycles. The van der Waals surface area contributed by atoms with Crippen LogP contribution in [0.2, 0.25) is 0 Å². The molecule has 2 rings (SSSR count). The van der Waals surface area contributed by atoms with Crippen LogP contribution in [-0.4, -0.2) is 32.6 Å². The smallest absolute Gasteiger partial charge is 0.330 e. The summed E-state index contributed by atoms with van der Waals surface area (Å²) < 4.78 is 6.43. The third-order valence-electron chi connectivity index (χ3n) is 2.60. The number of aryl methyl sites for hydroxylation is 2. The van der Waals surface area contributed by atoms with Crippen molar-refractivity contribution < 1.29 is 9.53 Å². The highest BCUT2D eigenvalue weighted by Gasteiger charge is 2.08. The van der Waals surface area contributed by atoms with Gasteiger partial charge in [-0.15, -0.1) is 5.10 Å². The van der Waals surface area contributed by atoms with E-state index in [1.165, 1.54) is 6.08 Å². The van der Waals surface area contributed by atoms with Crippen molar-refractivity contribution >= 4 is 23.2 Å². The van der Waals surface area contributed by atoms with Crippen molar-refractivity contribution in [2.75, 3.05) is 6.61 Å². The van der Waals surface area contributed by atoms with Gasteiger partial charge in [0.05, 0.1) is 6.61 Å². The first-order chi connectivity index (χ1) is 8.63. The van der Waals surface area contributed by atoms with Gasteiger partial charge in [0.1, 0.15) is 5.52 Å². The number of carbonyl (C=O) groups excluding carboxylic acids is 1. The third kappa shape index (κ3) is 2.22. The zero-order valence-electron chi connectivity index (χ0n) is 10.5. The molecule has 94 valence electrons. The number of aromatic nitrogens is 4. The fourth-order valence-electron chi connectivity index (χ4n) is 1.62. The molecule has 0 N–H and O–H groups in total. The highest BCUT2D eigenvalue weighted by molar-refractivity contribution is 5.88. The molecule has 6 nitrogen and oxygen atoms in total. The van der Waals surface area contributed by atoms with Gasteiger partial charge in [0, 0.05) is 19.3 Å². The van der Waals surface area contributed by atoms with Crippen LogP contribution in [-0.2, 0) is 16.6 Å². The van der Waals surface area contributed by atoms with Gasteiger partial charge in [-0.2, -0.15) is 0 Å². The summed E-state index contributed by atoms with van der Waals surface area (Å²) in [6, 6.07) is 0. The van der Waals surface area contributed by atoms with Gasteiger partial charge >= 0.3 is 5.97 Å². The Kier molecular flexibility index (Phi) is 3.36. The first-order valence-corrected chi connectivity index (χ1v) is 5.63. The fraction of sp³-hybridized carbons (Fsp3) is 0.333. The Hall–Kier alpha value is -2.24. The van der Waals surface area contributed by atoms with E-state index in [9.17, 15) is 4.79 Å². The summed E-state index contributed by atoms with van der Waals surface area (Å²) in [5, 5.41) is 7.95. The van der Waals surface area contributed by atoms with Crippen molar-refractivity contribution in [1.29, 1.82) is 0 Å². The van der Waals surface area contributed by atoms with Crippen LogP contribution < -0.4 is 0 Å². The molecule has 0 fully saturated rings. The molecule has 0 bridgehead atoms. The normalized spacial score (nSPS) is 11.3. The van der Waals surface area contributed by atoms with Crippen LogP contribution in [0.4, 0.5) is 0 Å². The highest BCUT2D eigenvalue weighted by atomic mass is 16.5. The van der Waals surface area contributed by atoms with Gasteiger partial charge in [-0.05, 0) is 31.1 Å². The maximum Gasteiger partial charge on any atom is 0.330 e. The summed E-state index contributed by atoms with van der Waals surface area (Å²) >= 11 is 0. The zero-order chi connectivity index (χ0) is 13.1. The molecule has 0 aliphatic rings. The van der Waals surface area contributed by atoms with Gasteiger partial charge in [0.2, 0.25) is 0 Å². The van der Waals surface area contributed by atoms with Crippen LogP contribution in [0.5, 0.6) is 0 Å². The molecule has 0 atom stereocenters. The number of rotatable bonds is 3. The minimum absolute atomic E-state index is 0.365. The molecule has 0 radical (unpaired) electrons. The lowest BCUT2D eigenvalue weighted by molar-refractivity contribution is -0.137. The Labute approximate surface area is 104 Å². The summed E-state index contributed by atoms with van der Waals surface area (Å²) in [5.74, 6) is -0.365. The lowest BCUT2D eigenvalue weighted by atomic mass is 10.1. The number of hydrogen-bond acceptors (Lipinski definition) is 5. The van der Waals surface area contributed by atoms with Crippen molar-refractivity contribution in [2.24, 2.45) is 7.05 Å². The molecule has 0 aromatic carbocycles. The number of fused-ring (bicyclic) bond motifs is 1. The number of carbonyl (C=O) groups is 1. The topological polar surface area (TPSA) is 69.9 Å². The average molecular weight is 246 g/mol. The van der Waals surface area contributed by atoms with Crippen LogP contribution in [0, 0.1) is 6.92 Å². The van der Waals surface area contributed by atoms with E-state index in [0.717, 1.165) is 22.3 Å². The fourth-order valence-corrected chi connectivity index (χ4v) is 1.62. The van der Waals surface area contributed by atoms with E-state index >= 15 is 0 Å². The number of esters is 1. The van der Waals surface area contributed by atoms with Crippen molar-refractivity contribution in [3.8, 4) is 0 Å². The summed E-state index contributed by atoms with van der Waals surface area (Å²) in [6.07, 6.45) is 4.75. The molecular formula is C12H14N4O2. The molecule has 0 unspecified atom stereocenters. The van der Waals surface area contributed by atoms with Crippen molar-refractivity contribution in [1.82, 2.24) is 20.0 Å². The van der Waals surface area contributed by atoms with Gasteiger partial charge < -0.3 is 4.74 Å². The zero-order valence-corrected chi connectivity index (χ0v) is 10.5. The predicted octanol–water partition coefficient (Wildman–Crippen LogP) is 1.25. The highest BCUT2D eigenvalue weighted by Crippen LogP contribution is 2.17. The summed E-state index contributed by atoms with van der Waals surface area (Å²) in [5.41, 5.74) is 3.23. The Morgan fingerprint density at radius 2 is 2.33 bits per heavy atom. The van der Waals surface area contributed by atoms with E-state index in [-0.39, 0.29) is 5.97 Å². The minimum atomic E-state index is -0.365. The number of pyridine rings is 1. The SMILES string of the molecule is CCOC(=O)/C=C/c1cnc2c(nnn2C)c1C. The molecule has 0 aliphatic heterocycles. The molecule has 0 amide bonds. The Balaban J connectivity index is 2.35. The third-order valence-corrected chi connectivity index (χ3v) is 2.60. The first kappa shape index (κ1) is 12.2. The van der Waals surface area contributed by atoms with E-state index < -0.39 is 0 Å². The van der Waals surface area contributed by atoms with Gasteiger partial charge in [-0.3, -0.25) is 0 Å².